The Morgan fingerprint density at radius 3 is 1.81 bits per heavy atom. The highest BCUT2D eigenvalue weighted by atomic mass is 35.5. The number of carbonyl (C=O) groups is 1. The third kappa shape index (κ3) is 11.3. The van der Waals surface area contributed by atoms with E-state index in [-0.39, 0.29) is 5.97 Å². The van der Waals surface area contributed by atoms with Crippen molar-refractivity contribution in [1.82, 2.24) is 4.98 Å². The molecule has 1 N–H and O–H groups in total. The molecule has 0 aliphatic carbocycles. The molecule has 0 aliphatic rings. The summed E-state index contributed by atoms with van der Waals surface area (Å²) in [6.45, 7) is 8.34. The molecule has 31 heavy (non-hydrogen) atoms. The fourth-order valence-electron chi connectivity index (χ4n) is 4.19. The second kappa shape index (κ2) is 17.3. The number of nitrogens with one attached hydrogen (secondary N) is 1. The van der Waals surface area contributed by atoms with E-state index < -0.39 is 0 Å². The molecule has 0 saturated carbocycles. The number of allylic oxidation sites excluding steroid dienone is 1. The van der Waals surface area contributed by atoms with Crippen LogP contribution in [0.15, 0.2) is 6.08 Å². The fourth-order valence-corrected chi connectivity index (χ4v) is 4.58. The normalized spacial score (nSPS) is 11.8. The smallest absolute Gasteiger partial charge is 0.355 e. The minimum absolute atomic E-state index is 0.314. The number of aromatic amines is 1. The molecule has 3 nitrogen and oxygen atoms in total. The molecule has 178 valence electrons. The van der Waals surface area contributed by atoms with Crippen LogP contribution >= 0.6 is 11.6 Å². The summed E-state index contributed by atoms with van der Waals surface area (Å²) >= 11 is 6.56. The molecular weight excluding hydrogens is 406 g/mol. The van der Waals surface area contributed by atoms with Crippen LogP contribution in [0.3, 0.4) is 0 Å². The third-order valence-corrected chi connectivity index (χ3v) is 6.38. The maximum absolute atomic E-state index is 12.0. The van der Waals surface area contributed by atoms with E-state index >= 15 is 0 Å². The number of rotatable bonds is 18. The number of unbranched alkanes of at least 4 members (excludes halogenated alkanes) is 14. The lowest BCUT2D eigenvalue weighted by atomic mass is 10.0. The lowest BCUT2D eigenvalue weighted by Gasteiger charge is -2.04. The van der Waals surface area contributed by atoms with Gasteiger partial charge in [-0.05, 0) is 39.2 Å². The summed E-state index contributed by atoms with van der Waals surface area (Å²) in [5.41, 5.74) is 3.24. The topological polar surface area (TPSA) is 42.1 Å². The summed E-state index contributed by atoms with van der Waals surface area (Å²) < 4.78 is 5.11. The largest absolute Gasteiger partial charge is 0.461 e. The monoisotopic (exact) mass is 451 g/mol. The van der Waals surface area contributed by atoms with Gasteiger partial charge >= 0.3 is 5.97 Å². The molecule has 0 unspecified atom stereocenters. The van der Waals surface area contributed by atoms with Crippen molar-refractivity contribution in [2.75, 3.05) is 6.61 Å². The van der Waals surface area contributed by atoms with Crippen molar-refractivity contribution < 1.29 is 9.53 Å². The number of aromatic nitrogens is 1. The number of carbonyl (C=O) groups excluding carboxylic acids is 1. The van der Waals surface area contributed by atoms with Crippen LogP contribution in [0.4, 0.5) is 0 Å². The first kappa shape index (κ1) is 27.8. The van der Waals surface area contributed by atoms with Gasteiger partial charge in [0.05, 0.1) is 6.61 Å². The quantitative estimate of drug-likeness (QED) is 0.178. The summed E-state index contributed by atoms with van der Waals surface area (Å²) in [5, 5.41) is 0.733. The van der Waals surface area contributed by atoms with Gasteiger partial charge in [-0.2, -0.15) is 0 Å². The van der Waals surface area contributed by atoms with Crippen molar-refractivity contribution >= 4 is 22.6 Å². The van der Waals surface area contributed by atoms with Crippen LogP contribution < -0.4 is 0 Å². The summed E-state index contributed by atoms with van der Waals surface area (Å²) in [5.74, 6) is -0.314. The predicted molar refractivity (Wildman–Crippen MR) is 135 cm³/mol. The standard InChI is InChI=1S/C27H46ClNO2/c1-5-7-8-9-10-11-12-13-14-15-16-17-18-19-20-21-24(28)25-22(3)26(29-23(25)4)27(30)31-6-2/h21,29H,5-20H2,1-4H3/b24-21-. The molecule has 0 saturated heterocycles. The van der Waals surface area contributed by atoms with E-state index in [1.807, 2.05) is 20.8 Å². The average Bonchev–Trinajstić information content (AvgIpc) is 3.05. The van der Waals surface area contributed by atoms with E-state index in [1.54, 1.807) is 0 Å². The Labute approximate surface area is 196 Å². The van der Waals surface area contributed by atoms with Crippen LogP contribution in [0.25, 0.3) is 5.03 Å². The lowest BCUT2D eigenvalue weighted by Crippen LogP contribution is -2.06. The first-order chi connectivity index (χ1) is 15.0. The van der Waals surface area contributed by atoms with E-state index in [1.165, 1.54) is 89.9 Å². The van der Waals surface area contributed by atoms with Crippen LogP contribution in [-0.4, -0.2) is 17.6 Å². The van der Waals surface area contributed by atoms with E-state index in [2.05, 4.69) is 18.0 Å². The molecular formula is C27H46ClNO2. The third-order valence-electron chi connectivity index (χ3n) is 6.04. The van der Waals surface area contributed by atoms with Gasteiger partial charge < -0.3 is 9.72 Å². The van der Waals surface area contributed by atoms with E-state index in [0.29, 0.717) is 12.3 Å². The second-order valence-electron chi connectivity index (χ2n) is 8.78. The average molecular weight is 452 g/mol. The highest BCUT2D eigenvalue weighted by Gasteiger charge is 2.19. The number of aryl methyl sites for hydroxylation is 1. The minimum atomic E-state index is -0.314. The minimum Gasteiger partial charge on any atom is -0.461 e. The van der Waals surface area contributed by atoms with Crippen molar-refractivity contribution in [3.63, 3.8) is 0 Å². The van der Waals surface area contributed by atoms with E-state index in [4.69, 9.17) is 16.3 Å². The molecule has 1 aromatic heterocycles. The molecule has 0 atom stereocenters. The summed E-state index contributed by atoms with van der Waals surface area (Å²) in [4.78, 5) is 15.2. The van der Waals surface area contributed by atoms with Gasteiger partial charge in [-0.15, -0.1) is 0 Å². The Hall–Kier alpha value is -1.22. The number of esters is 1. The van der Waals surface area contributed by atoms with Crippen LogP contribution in [0.1, 0.15) is 137 Å². The van der Waals surface area contributed by atoms with Crippen LogP contribution in [0, 0.1) is 13.8 Å². The van der Waals surface area contributed by atoms with Gasteiger partial charge in [-0.1, -0.05) is 108 Å². The number of ether oxygens (including phenoxy) is 1. The van der Waals surface area contributed by atoms with E-state index in [9.17, 15) is 4.79 Å². The second-order valence-corrected chi connectivity index (χ2v) is 9.19. The maximum Gasteiger partial charge on any atom is 0.355 e. The Kier molecular flexibility index (Phi) is 15.6. The Balaban J connectivity index is 2.14. The Morgan fingerprint density at radius 1 is 0.839 bits per heavy atom. The first-order valence-corrected chi connectivity index (χ1v) is 13.1. The van der Waals surface area contributed by atoms with Gasteiger partial charge in [-0.25, -0.2) is 4.79 Å². The molecule has 1 heterocycles. The van der Waals surface area contributed by atoms with Gasteiger partial charge in [0.2, 0.25) is 0 Å². The molecule has 0 aliphatic heterocycles. The zero-order valence-electron chi connectivity index (χ0n) is 20.6. The van der Waals surface area contributed by atoms with Crippen molar-refractivity contribution in [1.29, 1.82) is 0 Å². The van der Waals surface area contributed by atoms with Crippen LogP contribution in [-0.2, 0) is 4.74 Å². The van der Waals surface area contributed by atoms with Gasteiger partial charge in [0.25, 0.3) is 0 Å². The molecule has 0 radical (unpaired) electrons. The van der Waals surface area contributed by atoms with Gasteiger partial charge in [0.15, 0.2) is 0 Å². The zero-order chi connectivity index (χ0) is 22.9. The molecule has 1 rings (SSSR count). The Morgan fingerprint density at radius 2 is 1.32 bits per heavy atom. The molecule has 0 amide bonds. The van der Waals surface area contributed by atoms with Crippen molar-refractivity contribution in [3.05, 3.63) is 28.6 Å². The van der Waals surface area contributed by atoms with Crippen LogP contribution in [0.2, 0.25) is 0 Å². The number of H-pyrrole nitrogens is 1. The predicted octanol–water partition coefficient (Wildman–Crippen LogP) is 9.26. The molecule has 4 heteroatoms. The van der Waals surface area contributed by atoms with Crippen molar-refractivity contribution in [2.45, 2.75) is 124 Å². The highest BCUT2D eigenvalue weighted by molar-refractivity contribution is 6.49. The molecule has 0 spiro atoms. The van der Waals surface area contributed by atoms with Crippen molar-refractivity contribution in [3.8, 4) is 0 Å². The number of hydrogen-bond donors (Lipinski definition) is 1. The molecule has 1 aromatic rings. The fraction of sp³-hybridized carbons (Fsp3) is 0.741. The van der Waals surface area contributed by atoms with Crippen molar-refractivity contribution in [2.24, 2.45) is 0 Å². The Bertz CT molecular complexity index is 648. The van der Waals surface area contributed by atoms with Gasteiger partial charge in [0, 0.05) is 16.3 Å². The molecule has 0 fully saturated rings. The summed E-state index contributed by atoms with van der Waals surface area (Å²) in [7, 11) is 0. The maximum atomic E-state index is 12.0. The number of halogens is 1. The molecule has 0 aromatic carbocycles. The van der Waals surface area contributed by atoms with E-state index in [0.717, 1.165) is 28.3 Å². The lowest BCUT2D eigenvalue weighted by molar-refractivity contribution is 0.0519. The zero-order valence-corrected chi connectivity index (χ0v) is 21.3. The summed E-state index contributed by atoms with van der Waals surface area (Å²) in [6.07, 6.45) is 22.3. The van der Waals surface area contributed by atoms with Gasteiger partial charge in [-0.3, -0.25) is 0 Å². The van der Waals surface area contributed by atoms with Gasteiger partial charge in [0.1, 0.15) is 5.69 Å². The molecule has 0 bridgehead atoms. The SMILES string of the molecule is CCCCCCCCCCCCCCCC/C=C(\Cl)c1c(C)[nH]c(C(=O)OCC)c1C. The number of hydrogen-bond acceptors (Lipinski definition) is 2. The first-order valence-electron chi connectivity index (χ1n) is 12.7. The highest BCUT2D eigenvalue weighted by Crippen LogP contribution is 2.29. The van der Waals surface area contributed by atoms with Crippen LogP contribution in [0.5, 0.6) is 0 Å². The summed E-state index contributed by atoms with van der Waals surface area (Å²) in [6, 6.07) is 0.